The molecule has 84 valence electrons. The Hall–Kier alpha value is -2.08. The summed E-state index contributed by atoms with van der Waals surface area (Å²) in [4.78, 5) is 7.68. The van der Waals surface area contributed by atoms with Crippen LogP contribution in [0.4, 0.5) is 4.39 Å². The summed E-state index contributed by atoms with van der Waals surface area (Å²) in [6, 6.07) is 2.91. The first kappa shape index (κ1) is 10.1. The molecule has 0 saturated heterocycles. The van der Waals surface area contributed by atoms with Crippen molar-refractivity contribution in [2.75, 3.05) is 0 Å². The van der Waals surface area contributed by atoms with Crippen LogP contribution in [0.5, 0.6) is 0 Å². The summed E-state index contributed by atoms with van der Waals surface area (Å²) in [7, 11) is 0. The van der Waals surface area contributed by atoms with Crippen LogP contribution < -0.4 is 0 Å². The molecule has 17 heavy (non-hydrogen) atoms. The molecule has 0 spiro atoms. The third-order valence-corrected chi connectivity index (χ3v) is 2.44. The molecule has 0 fully saturated rings. The molecule has 0 aliphatic rings. The number of fused-ring (bicyclic) bond motifs is 1. The Morgan fingerprint density at radius 1 is 1.18 bits per heavy atom. The molecular weight excluding hydrogens is 245 g/mol. The number of aromatic nitrogens is 5. The van der Waals surface area contributed by atoms with Gasteiger partial charge in [-0.3, -0.25) is 9.38 Å². The molecule has 0 N–H and O–H groups in total. The fourth-order valence-electron chi connectivity index (χ4n) is 1.50. The highest BCUT2D eigenvalue weighted by molar-refractivity contribution is 6.29. The number of hydrogen-bond acceptors (Lipinski definition) is 4. The lowest BCUT2D eigenvalue weighted by Gasteiger charge is -1.99. The van der Waals surface area contributed by atoms with E-state index in [9.17, 15) is 4.39 Å². The molecule has 3 aromatic rings. The Bertz CT molecular complexity index is 696. The standard InChI is InChI=1S/C10H5ClFN5/c11-8-2-9-15-16-10(17(9)5-14-8)6-1-7(12)4-13-3-6/h1-5H. The maximum atomic E-state index is 13.1. The van der Waals surface area contributed by atoms with E-state index in [2.05, 4.69) is 20.2 Å². The molecule has 0 amide bonds. The second-order valence-electron chi connectivity index (χ2n) is 3.36. The van der Waals surface area contributed by atoms with Crippen LogP contribution in [-0.2, 0) is 0 Å². The normalized spacial score (nSPS) is 10.9. The van der Waals surface area contributed by atoms with Crippen molar-refractivity contribution in [3.05, 3.63) is 41.8 Å². The van der Waals surface area contributed by atoms with E-state index in [0.29, 0.717) is 22.2 Å². The Morgan fingerprint density at radius 3 is 2.88 bits per heavy atom. The number of pyridine rings is 1. The van der Waals surface area contributed by atoms with Crippen molar-refractivity contribution in [2.45, 2.75) is 0 Å². The average Bonchev–Trinajstić information content (AvgIpc) is 2.71. The van der Waals surface area contributed by atoms with E-state index in [1.54, 1.807) is 10.5 Å². The Labute approximate surface area is 99.9 Å². The summed E-state index contributed by atoms with van der Waals surface area (Å²) in [5.41, 5.74) is 1.07. The second-order valence-corrected chi connectivity index (χ2v) is 3.74. The lowest BCUT2D eigenvalue weighted by Crippen LogP contribution is -1.92. The van der Waals surface area contributed by atoms with Crippen LogP contribution in [0.2, 0.25) is 5.15 Å². The highest BCUT2D eigenvalue weighted by Crippen LogP contribution is 2.18. The maximum absolute atomic E-state index is 13.1. The van der Waals surface area contributed by atoms with Crippen molar-refractivity contribution < 1.29 is 4.39 Å². The second kappa shape index (κ2) is 3.74. The average molecular weight is 250 g/mol. The largest absolute Gasteiger partial charge is 0.265 e. The molecule has 0 bridgehead atoms. The predicted molar refractivity (Wildman–Crippen MR) is 59.0 cm³/mol. The van der Waals surface area contributed by atoms with Gasteiger partial charge < -0.3 is 0 Å². The van der Waals surface area contributed by atoms with Crippen molar-refractivity contribution >= 4 is 17.2 Å². The van der Waals surface area contributed by atoms with Gasteiger partial charge in [0, 0.05) is 17.8 Å². The highest BCUT2D eigenvalue weighted by Gasteiger charge is 2.09. The minimum Gasteiger partial charge on any atom is -0.265 e. The van der Waals surface area contributed by atoms with Gasteiger partial charge in [-0.2, -0.15) is 0 Å². The van der Waals surface area contributed by atoms with Crippen LogP contribution in [-0.4, -0.2) is 24.6 Å². The zero-order chi connectivity index (χ0) is 11.8. The minimum absolute atomic E-state index is 0.328. The summed E-state index contributed by atoms with van der Waals surface area (Å²) < 4.78 is 14.7. The molecule has 3 rings (SSSR count). The van der Waals surface area contributed by atoms with E-state index in [4.69, 9.17) is 11.6 Å². The lowest BCUT2D eigenvalue weighted by atomic mass is 10.2. The van der Waals surface area contributed by atoms with Gasteiger partial charge in [-0.1, -0.05) is 11.6 Å². The summed E-state index contributed by atoms with van der Waals surface area (Å²) in [6.45, 7) is 0. The summed E-state index contributed by atoms with van der Waals surface area (Å²) >= 11 is 5.73. The van der Waals surface area contributed by atoms with Crippen LogP contribution in [0.1, 0.15) is 0 Å². The quantitative estimate of drug-likeness (QED) is 0.619. The molecule has 5 nitrogen and oxygen atoms in total. The zero-order valence-electron chi connectivity index (χ0n) is 8.38. The molecule has 0 aliphatic carbocycles. The first-order valence-electron chi connectivity index (χ1n) is 4.71. The molecule has 0 aromatic carbocycles. The molecule has 0 saturated carbocycles. The van der Waals surface area contributed by atoms with Gasteiger partial charge in [-0.25, -0.2) is 9.37 Å². The smallest absolute Gasteiger partial charge is 0.171 e. The van der Waals surface area contributed by atoms with Crippen molar-refractivity contribution in [3.8, 4) is 11.4 Å². The first-order valence-corrected chi connectivity index (χ1v) is 5.09. The fraction of sp³-hybridized carbons (Fsp3) is 0. The molecule has 7 heteroatoms. The lowest BCUT2D eigenvalue weighted by molar-refractivity contribution is 0.621. The SMILES string of the molecule is Fc1cncc(-c2nnc3cc(Cl)ncn23)c1. The third-order valence-electron chi connectivity index (χ3n) is 2.23. The molecule has 0 aliphatic heterocycles. The van der Waals surface area contributed by atoms with Gasteiger partial charge in [0.25, 0.3) is 0 Å². The summed E-state index contributed by atoms with van der Waals surface area (Å²) in [5, 5.41) is 8.21. The van der Waals surface area contributed by atoms with Crippen LogP contribution in [0, 0.1) is 5.82 Å². The topological polar surface area (TPSA) is 56.0 Å². The maximum Gasteiger partial charge on any atom is 0.171 e. The molecular formula is C10H5ClFN5. The molecule has 3 heterocycles. The number of halogens is 2. The molecule has 3 aromatic heterocycles. The van der Waals surface area contributed by atoms with E-state index in [0.717, 1.165) is 6.20 Å². The van der Waals surface area contributed by atoms with Gasteiger partial charge in [0.2, 0.25) is 0 Å². The van der Waals surface area contributed by atoms with Gasteiger partial charge in [0.05, 0.1) is 6.20 Å². The summed E-state index contributed by atoms with van der Waals surface area (Å²) in [6.07, 6.45) is 4.12. The molecule has 0 atom stereocenters. The number of rotatable bonds is 1. The monoisotopic (exact) mass is 249 g/mol. The van der Waals surface area contributed by atoms with E-state index in [-0.39, 0.29) is 0 Å². The minimum atomic E-state index is -0.429. The number of nitrogens with zero attached hydrogens (tertiary/aromatic N) is 5. The van der Waals surface area contributed by atoms with Crippen molar-refractivity contribution in [1.82, 2.24) is 24.6 Å². The van der Waals surface area contributed by atoms with E-state index >= 15 is 0 Å². The molecule has 0 unspecified atom stereocenters. The van der Waals surface area contributed by atoms with Crippen molar-refractivity contribution in [2.24, 2.45) is 0 Å². The Morgan fingerprint density at radius 2 is 2.06 bits per heavy atom. The van der Waals surface area contributed by atoms with E-state index < -0.39 is 5.82 Å². The highest BCUT2D eigenvalue weighted by atomic mass is 35.5. The van der Waals surface area contributed by atoms with Crippen LogP contribution in [0.15, 0.2) is 30.9 Å². The predicted octanol–water partition coefficient (Wildman–Crippen LogP) is 1.98. The Kier molecular flexibility index (Phi) is 2.22. The third kappa shape index (κ3) is 1.72. The van der Waals surface area contributed by atoms with Crippen molar-refractivity contribution in [3.63, 3.8) is 0 Å². The van der Waals surface area contributed by atoms with Gasteiger partial charge in [-0.05, 0) is 6.07 Å². The Balaban J connectivity index is 2.24. The fourth-order valence-corrected chi connectivity index (χ4v) is 1.64. The van der Waals surface area contributed by atoms with E-state index in [1.165, 1.54) is 18.6 Å². The van der Waals surface area contributed by atoms with Gasteiger partial charge >= 0.3 is 0 Å². The first-order chi connectivity index (χ1) is 8.24. The van der Waals surface area contributed by atoms with Crippen LogP contribution >= 0.6 is 11.6 Å². The molecule has 0 radical (unpaired) electrons. The van der Waals surface area contributed by atoms with Gasteiger partial charge in [0.15, 0.2) is 11.5 Å². The van der Waals surface area contributed by atoms with Crippen molar-refractivity contribution in [1.29, 1.82) is 0 Å². The number of hydrogen-bond donors (Lipinski definition) is 0. The van der Waals surface area contributed by atoms with Crippen LogP contribution in [0.25, 0.3) is 17.0 Å². The van der Waals surface area contributed by atoms with E-state index in [1.807, 2.05) is 0 Å². The van der Waals surface area contributed by atoms with Gasteiger partial charge in [-0.15, -0.1) is 10.2 Å². The van der Waals surface area contributed by atoms with Crippen LogP contribution in [0.3, 0.4) is 0 Å². The zero-order valence-corrected chi connectivity index (χ0v) is 9.13. The van der Waals surface area contributed by atoms with Gasteiger partial charge in [0.1, 0.15) is 17.3 Å². The summed E-state index contributed by atoms with van der Waals surface area (Å²) in [5.74, 6) is 0.0392.